The maximum atomic E-state index is 9.18. The number of thiol groups is 1. The maximum Gasteiger partial charge on any atom is 0.414 e. The average molecular weight is 189 g/mol. The number of amides is 1. The summed E-state index contributed by atoms with van der Waals surface area (Å²) in [6.07, 6.45) is -1.13. The van der Waals surface area contributed by atoms with E-state index < -0.39 is 6.09 Å². The largest absolute Gasteiger partial charge is 0.464 e. The molecule has 0 radical (unpaired) electrons. The topological polar surface area (TPSA) is 49.3 Å². The molecule has 0 aromatic heterocycles. The van der Waals surface area contributed by atoms with Crippen LogP contribution in [0.25, 0.3) is 0 Å². The van der Waals surface area contributed by atoms with Crippen LogP contribution in [0.2, 0.25) is 0 Å². The SMILES string of the molecule is O=C(O)NS.[Mo]. The predicted molar refractivity (Wildman–Crippen MR) is 20.1 cm³/mol. The monoisotopic (exact) mass is 191 g/mol. The number of nitrogens with one attached hydrogen (secondary N) is 1. The Bertz CT molecular complexity index is 48.8. The molecule has 36 valence electrons. The van der Waals surface area contributed by atoms with E-state index in [9.17, 15) is 4.79 Å². The molecule has 0 rings (SSSR count). The van der Waals surface area contributed by atoms with Gasteiger partial charge in [0.2, 0.25) is 0 Å². The number of carboxylic acid groups (broad SMARTS) is 1. The van der Waals surface area contributed by atoms with E-state index in [0.717, 1.165) is 0 Å². The van der Waals surface area contributed by atoms with Crippen LogP contribution in [0, 0.1) is 0 Å². The van der Waals surface area contributed by atoms with Crippen LogP contribution in [0.4, 0.5) is 4.79 Å². The minimum Gasteiger partial charge on any atom is -0.464 e. The van der Waals surface area contributed by atoms with Crippen LogP contribution in [0.1, 0.15) is 0 Å². The minimum absolute atomic E-state index is 0. The number of hydrogen-bond acceptors (Lipinski definition) is 2. The van der Waals surface area contributed by atoms with Crippen LogP contribution in [-0.2, 0) is 21.1 Å². The zero-order chi connectivity index (χ0) is 4.28. The molecule has 5 heteroatoms. The van der Waals surface area contributed by atoms with Gasteiger partial charge in [-0.1, -0.05) is 12.8 Å². The molecule has 3 nitrogen and oxygen atoms in total. The van der Waals surface area contributed by atoms with Crippen molar-refractivity contribution in [2.24, 2.45) is 0 Å². The molecule has 0 spiro atoms. The molecule has 0 heterocycles. The average Bonchev–Trinajstić information content (AvgIpc) is 1.38. The Kier molecular flexibility index (Phi) is 8.47. The number of carbonyl (C=O) groups is 1. The Hall–Kier alpha value is 0.308. The third-order valence-electron chi connectivity index (χ3n) is 0.0956. The summed E-state index contributed by atoms with van der Waals surface area (Å²) in [5.41, 5.74) is 0. The molecule has 0 aromatic rings. The van der Waals surface area contributed by atoms with Gasteiger partial charge >= 0.3 is 6.09 Å². The summed E-state index contributed by atoms with van der Waals surface area (Å²) in [7, 11) is 0. The van der Waals surface area contributed by atoms with Gasteiger partial charge in [0.15, 0.2) is 0 Å². The van der Waals surface area contributed by atoms with Crippen LogP contribution in [-0.4, -0.2) is 11.2 Å². The molecule has 0 aromatic carbocycles. The molecule has 0 bridgehead atoms. The molecule has 0 aliphatic rings. The molecule has 1 amide bonds. The molecule has 0 saturated heterocycles. The van der Waals surface area contributed by atoms with Gasteiger partial charge in [0.05, 0.1) is 0 Å². The second kappa shape index (κ2) is 5.31. The third-order valence-corrected chi connectivity index (χ3v) is 0.287. The fraction of sp³-hybridized carbons (Fsp3) is 0. The van der Waals surface area contributed by atoms with Gasteiger partial charge in [0.25, 0.3) is 0 Å². The second-order valence-electron chi connectivity index (χ2n) is 0.417. The zero-order valence-electron chi connectivity index (χ0n) is 2.71. The summed E-state index contributed by atoms with van der Waals surface area (Å²) in [5, 5.41) is 7.53. The van der Waals surface area contributed by atoms with E-state index in [0.29, 0.717) is 0 Å². The van der Waals surface area contributed by atoms with Gasteiger partial charge in [0, 0.05) is 21.1 Å². The first-order chi connectivity index (χ1) is 2.27. The Morgan fingerprint density at radius 1 is 1.83 bits per heavy atom. The molecule has 0 aliphatic heterocycles. The molecule has 0 saturated carbocycles. The van der Waals surface area contributed by atoms with Crippen molar-refractivity contribution in [1.82, 2.24) is 4.72 Å². The first-order valence-corrected chi connectivity index (χ1v) is 1.35. The van der Waals surface area contributed by atoms with Crippen LogP contribution >= 0.6 is 12.8 Å². The van der Waals surface area contributed by atoms with Crippen LogP contribution in [0.3, 0.4) is 0 Å². The normalized spacial score (nSPS) is 5.50. The Morgan fingerprint density at radius 3 is 2.00 bits per heavy atom. The van der Waals surface area contributed by atoms with Gasteiger partial charge in [-0.2, -0.15) is 0 Å². The van der Waals surface area contributed by atoms with Crippen molar-refractivity contribution in [1.29, 1.82) is 0 Å². The Morgan fingerprint density at radius 2 is 2.00 bits per heavy atom. The van der Waals surface area contributed by atoms with Gasteiger partial charge in [-0.3, -0.25) is 4.72 Å². The van der Waals surface area contributed by atoms with Crippen LogP contribution in [0.5, 0.6) is 0 Å². The van der Waals surface area contributed by atoms with E-state index in [-0.39, 0.29) is 21.1 Å². The van der Waals surface area contributed by atoms with Crippen molar-refractivity contribution >= 4 is 18.9 Å². The summed E-state index contributed by atoms with van der Waals surface area (Å²) in [6.45, 7) is 0. The van der Waals surface area contributed by atoms with E-state index in [4.69, 9.17) is 5.11 Å². The fourth-order valence-electron chi connectivity index (χ4n) is 0. The molecule has 0 unspecified atom stereocenters. The van der Waals surface area contributed by atoms with Crippen molar-refractivity contribution in [3.05, 3.63) is 0 Å². The molecule has 0 aliphatic carbocycles. The first-order valence-electron chi connectivity index (χ1n) is 0.901. The van der Waals surface area contributed by atoms with Crippen LogP contribution in [0.15, 0.2) is 0 Å². The van der Waals surface area contributed by atoms with E-state index in [1.54, 1.807) is 4.72 Å². The molecule has 0 fully saturated rings. The molecule has 2 N–H and O–H groups in total. The summed E-state index contributed by atoms with van der Waals surface area (Å²) in [6, 6.07) is 0. The summed E-state index contributed by atoms with van der Waals surface area (Å²) in [5.74, 6) is 0. The first kappa shape index (κ1) is 9.58. The van der Waals surface area contributed by atoms with E-state index in [1.807, 2.05) is 0 Å². The van der Waals surface area contributed by atoms with Crippen molar-refractivity contribution in [3.63, 3.8) is 0 Å². The summed E-state index contributed by atoms with van der Waals surface area (Å²) in [4.78, 5) is 9.18. The smallest absolute Gasteiger partial charge is 0.414 e. The molecule has 6 heavy (non-hydrogen) atoms. The minimum atomic E-state index is -1.13. The van der Waals surface area contributed by atoms with Crippen molar-refractivity contribution < 1.29 is 31.0 Å². The molecular weight excluding hydrogens is 186 g/mol. The van der Waals surface area contributed by atoms with Gasteiger partial charge < -0.3 is 5.11 Å². The Labute approximate surface area is 54.9 Å². The second-order valence-corrected chi connectivity index (χ2v) is 0.641. The van der Waals surface area contributed by atoms with Gasteiger partial charge in [-0.05, 0) is 0 Å². The molecule has 0 atom stereocenters. The number of rotatable bonds is 0. The zero-order valence-corrected chi connectivity index (χ0v) is 5.61. The van der Waals surface area contributed by atoms with Crippen molar-refractivity contribution in [3.8, 4) is 0 Å². The maximum absolute atomic E-state index is 9.18. The standard InChI is InChI=1S/CH3NO2S.Mo/c3-1(4)2-5;/h2,5H,(H,3,4);. The Balaban J connectivity index is 0. The van der Waals surface area contributed by atoms with Gasteiger partial charge in [0.1, 0.15) is 0 Å². The van der Waals surface area contributed by atoms with Crippen molar-refractivity contribution in [2.75, 3.05) is 0 Å². The quantitative estimate of drug-likeness (QED) is 0.373. The predicted octanol–water partition coefficient (Wildman–Crippen LogP) is 0.0963. The van der Waals surface area contributed by atoms with Gasteiger partial charge in [-0.15, -0.1) is 0 Å². The van der Waals surface area contributed by atoms with Crippen molar-refractivity contribution in [2.45, 2.75) is 0 Å². The van der Waals surface area contributed by atoms with Crippen LogP contribution < -0.4 is 4.72 Å². The van der Waals surface area contributed by atoms with E-state index >= 15 is 0 Å². The summed E-state index contributed by atoms with van der Waals surface area (Å²) < 4.78 is 1.64. The number of hydrogen-bond donors (Lipinski definition) is 3. The van der Waals surface area contributed by atoms with Gasteiger partial charge in [-0.25, -0.2) is 4.79 Å². The third kappa shape index (κ3) is 8.85. The van der Waals surface area contributed by atoms with E-state index in [2.05, 4.69) is 12.8 Å². The molecular formula is CH3MoNO2S. The summed E-state index contributed by atoms with van der Waals surface area (Å²) >= 11 is 3.17. The fourth-order valence-corrected chi connectivity index (χ4v) is 0. The van der Waals surface area contributed by atoms with E-state index in [1.165, 1.54) is 0 Å².